The van der Waals surface area contributed by atoms with E-state index in [1.165, 1.54) is 25.5 Å². The first kappa shape index (κ1) is 13.8. The lowest BCUT2D eigenvalue weighted by molar-refractivity contribution is 0.226. The van der Waals surface area contributed by atoms with E-state index in [0.717, 1.165) is 17.4 Å². The number of nitrogens with zero attached hydrogens (tertiary/aromatic N) is 1. The molecule has 100 valence electrons. The maximum absolute atomic E-state index is 13.5. The van der Waals surface area contributed by atoms with Crippen LogP contribution in [0, 0.1) is 5.82 Å². The van der Waals surface area contributed by atoms with Crippen molar-refractivity contribution in [1.82, 2.24) is 4.90 Å². The van der Waals surface area contributed by atoms with Crippen molar-refractivity contribution in [1.29, 1.82) is 0 Å². The molecule has 0 aromatic heterocycles. The van der Waals surface area contributed by atoms with Gasteiger partial charge in [-0.15, -0.1) is 0 Å². The lowest BCUT2D eigenvalue weighted by Crippen LogP contribution is -2.28. The molecule has 1 aliphatic rings. The van der Waals surface area contributed by atoms with Crippen LogP contribution in [0.5, 0.6) is 5.75 Å². The van der Waals surface area contributed by atoms with Crippen molar-refractivity contribution >= 4 is 15.9 Å². The Hall–Kier alpha value is -0.610. The molecular formula is C14H19BrFNO. The first-order valence-electron chi connectivity index (χ1n) is 6.49. The van der Waals surface area contributed by atoms with Crippen LogP contribution in [0.1, 0.15) is 26.2 Å². The summed E-state index contributed by atoms with van der Waals surface area (Å²) >= 11 is 3.23. The molecule has 0 bridgehead atoms. The average molecular weight is 316 g/mol. The number of ether oxygens (including phenoxy) is 1. The van der Waals surface area contributed by atoms with Crippen LogP contribution >= 0.6 is 15.9 Å². The number of benzene rings is 1. The van der Waals surface area contributed by atoms with Gasteiger partial charge in [0.25, 0.3) is 0 Å². The van der Waals surface area contributed by atoms with Gasteiger partial charge in [0.15, 0.2) is 11.6 Å². The van der Waals surface area contributed by atoms with Crippen LogP contribution in [0.25, 0.3) is 0 Å². The van der Waals surface area contributed by atoms with Crippen LogP contribution in [0.3, 0.4) is 0 Å². The van der Waals surface area contributed by atoms with Gasteiger partial charge in [0.1, 0.15) is 0 Å². The van der Waals surface area contributed by atoms with E-state index in [1.807, 2.05) is 0 Å². The van der Waals surface area contributed by atoms with E-state index in [9.17, 15) is 4.39 Å². The Morgan fingerprint density at radius 3 is 3.00 bits per heavy atom. The van der Waals surface area contributed by atoms with Crippen LogP contribution in [0.15, 0.2) is 22.7 Å². The Labute approximate surface area is 116 Å². The molecule has 0 amide bonds. The number of rotatable bonds is 5. The minimum absolute atomic E-state index is 0.307. The predicted molar refractivity (Wildman–Crippen MR) is 74.5 cm³/mol. The van der Waals surface area contributed by atoms with Gasteiger partial charge in [-0.05, 0) is 50.9 Å². The smallest absolute Gasteiger partial charge is 0.166 e. The quantitative estimate of drug-likeness (QED) is 0.765. The Balaban J connectivity index is 1.72. The molecule has 1 saturated heterocycles. The third-order valence-corrected chi connectivity index (χ3v) is 3.92. The van der Waals surface area contributed by atoms with Gasteiger partial charge in [0, 0.05) is 17.1 Å². The predicted octanol–water partition coefficient (Wildman–Crippen LogP) is 3.84. The van der Waals surface area contributed by atoms with Crippen molar-refractivity contribution in [3.8, 4) is 5.75 Å². The van der Waals surface area contributed by atoms with E-state index in [4.69, 9.17) is 4.74 Å². The van der Waals surface area contributed by atoms with E-state index in [-0.39, 0.29) is 5.82 Å². The lowest BCUT2D eigenvalue weighted by Gasteiger charge is -2.20. The summed E-state index contributed by atoms with van der Waals surface area (Å²) in [4.78, 5) is 2.47. The van der Waals surface area contributed by atoms with Gasteiger partial charge in [-0.1, -0.05) is 15.9 Å². The molecule has 18 heavy (non-hydrogen) atoms. The molecule has 0 N–H and O–H groups in total. The summed E-state index contributed by atoms with van der Waals surface area (Å²) < 4.78 is 19.7. The van der Waals surface area contributed by atoms with E-state index in [0.29, 0.717) is 18.4 Å². The highest BCUT2D eigenvalue weighted by molar-refractivity contribution is 9.10. The largest absolute Gasteiger partial charge is 0.490 e. The fraction of sp³-hybridized carbons (Fsp3) is 0.571. The highest BCUT2D eigenvalue weighted by Gasteiger charge is 2.19. The normalized spacial score (nSPS) is 20.3. The van der Waals surface area contributed by atoms with E-state index in [1.54, 1.807) is 12.1 Å². The molecule has 0 saturated carbocycles. The average Bonchev–Trinajstić information content (AvgIpc) is 2.73. The molecule has 1 fully saturated rings. The Morgan fingerprint density at radius 2 is 2.33 bits per heavy atom. The number of hydrogen-bond acceptors (Lipinski definition) is 2. The van der Waals surface area contributed by atoms with Crippen LogP contribution in [-0.4, -0.2) is 30.6 Å². The summed E-state index contributed by atoms with van der Waals surface area (Å²) in [5.41, 5.74) is 0. The molecule has 1 aromatic rings. The summed E-state index contributed by atoms with van der Waals surface area (Å²) in [6.07, 6.45) is 3.53. The zero-order chi connectivity index (χ0) is 13.0. The minimum Gasteiger partial charge on any atom is -0.490 e. The fourth-order valence-corrected chi connectivity index (χ4v) is 2.70. The van der Waals surface area contributed by atoms with Gasteiger partial charge in [0.2, 0.25) is 0 Å². The third kappa shape index (κ3) is 3.69. The Bertz CT molecular complexity index is 399. The molecule has 1 aliphatic heterocycles. The van der Waals surface area contributed by atoms with Crippen molar-refractivity contribution in [2.24, 2.45) is 0 Å². The highest BCUT2D eigenvalue weighted by Crippen LogP contribution is 2.22. The van der Waals surface area contributed by atoms with E-state index >= 15 is 0 Å². The molecule has 1 aromatic carbocycles. The second-order valence-electron chi connectivity index (χ2n) is 4.80. The monoisotopic (exact) mass is 315 g/mol. The maximum atomic E-state index is 13.5. The van der Waals surface area contributed by atoms with Crippen LogP contribution in [0.4, 0.5) is 4.39 Å². The lowest BCUT2D eigenvalue weighted by atomic mass is 10.2. The van der Waals surface area contributed by atoms with Crippen molar-refractivity contribution in [3.05, 3.63) is 28.5 Å². The minimum atomic E-state index is -0.307. The van der Waals surface area contributed by atoms with E-state index in [2.05, 4.69) is 27.8 Å². The first-order valence-corrected chi connectivity index (χ1v) is 7.28. The third-order valence-electron chi connectivity index (χ3n) is 3.43. The number of likely N-dealkylation sites (tertiary alicyclic amines) is 1. The first-order chi connectivity index (χ1) is 8.66. The molecule has 1 heterocycles. The van der Waals surface area contributed by atoms with Crippen molar-refractivity contribution in [2.75, 3.05) is 19.7 Å². The number of hydrogen-bond donors (Lipinski definition) is 0. The van der Waals surface area contributed by atoms with Crippen molar-refractivity contribution in [3.63, 3.8) is 0 Å². The van der Waals surface area contributed by atoms with Crippen LogP contribution < -0.4 is 4.74 Å². The molecule has 1 atom stereocenters. The summed E-state index contributed by atoms with van der Waals surface area (Å²) in [7, 11) is 0. The number of halogens is 2. The summed E-state index contributed by atoms with van der Waals surface area (Å²) in [6, 6.07) is 5.57. The molecule has 0 aliphatic carbocycles. The molecule has 1 unspecified atom stereocenters. The van der Waals surface area contributed by atoms with Gasteiger partial charge in [-0.3, -0.25) is 0 Å². The molecule has 0 radical (unpaired) electrons. The molecule has 4 heteroatoms. The Kier molecular flexibility index (Phi) is 5.01. The van der Waals surface area contributed by atoms with Gasteiger partial charge < -0.3 is 9.64 Å². The highest BCUT2D eigenvalue weighted by atomic mass is 79.9. The van der Waals surface area contributed by atoms with Crippen LogP contribution in [0.2, 0.25) is 0 Å². The van der Waals surface area contributed by atoms with Crippen LogP contribution in [-0.2, 0) is 0 Å². The second kappa shape index (κ2) is 6.53. The van der Waals surface area contributed by atoms with Gasteiger partial charge in [0.05, 0.1) is 6.61 Å². The second-order valence-corrected chi connectivity index (χ2v) is 5.72. The summed E-state index contributed by atoms with van der Waals surface area (Å²) in [5.74, 6) is 0.0339. The standard InChI is InChI=1S/C14H19BrFNO/c1-11-4-2-7-17(11)8-3-9-18-14-6-5-12(15)10-13(14)16/h5-6,10-11H,2-4,7-9H2,1H3. The molecule has 2 rings (SSSR count). The van der Waals surface area contributed by atoms with Gasteiger partial charge >= 0.3 is 0 Å². The zero-order valence-corrected chi connectivity index (χ0v) is 12.2. The topological polar surface area (TPSA) is 12.5 Å². The van der Waals surface area contributed by atoms with Crippen molar-refractivity contribution < 1.29 is 9.13 Å². The fourth-order valence-electron chi connectivity index (χ4n) is 2.37. The van der Waals surface area contributed by atoms with Gasteiger partial charge in [-0.25, -0.2) is 4.39 Å². The zero-order valence-electron chi connectivity index (χ0n) is 10.7. The molecule has 0 spiro atoms. The van der Waals surface area contributed by atoms with Gasteiger partial charge in [-0.2, -0.15) is 0 Å². The van der Waals surface area contributed by atoms with Crippen molar-refractivity contribution in [2.45, 2.75) is 32.2 Å². The SMILES string of the molecule is CC1CCCN1CCCOc1ccc(Br)cc1F. The Morgan fingerprint density at radius 1 is 1.50 bits per heavy atom. The maximum Gasteiger partial charge on any atom is 0.166 e. The molecular weight excluding hydrogens is 297 g/mol. The summed E-state index contributed by atoms with van der Waals surface area (Å²) in [6.45, 7) is 5.07. The molecule has 2 nitrogen and oxygen atoms in total. The van der Waals surface area contributed by atoms with E-state index < -0.39 is 0 Å². The summed E-state index contributed by atoms with van der Waals surface area (Å²) in [5, 5.41) is 0.